The first kappa shape index (κ1) is 11.2. The van der Waals surface area contributed by atoms with Crippen molar-refractivity contribution < 1.29 is 4.42 Å². The van der Waals surface area contributed by atoms with Crippen molar-refractivity contribution in [3.05, 3.63) is 29.5 Å². The Balaban J connectivity index is 1.76. The Morgan fingerprint density at radius 2 is 2.25 bits per heavy atom. The highest BCUT2D eigenvalue weighted by Crippen LogP contribution is 2.13. The predicted octanol–water partition coefficient (Wildman–Crippen LogP) is 0.945. The van der Waals surface area contributed by atoms with E-state index in [9.17, 15) is 0 Å². The summed E-state index contributed by atoms with van der Waals surface area (Å²) in [6.07, 6.45) is 2.05. The lowest BCUT2D eigenvalue weighted by molar-refractivity contribution is 0.457. The molecule has 86 valence electrons. The van der Waals surface area contributed by atoms with E-state index in [-0.39, 0.29) is 0 Å². The highest BCUT2D eigenvalue weighted by Gasteiger charge is 2.02. The van der Waals surface area contributed by atoms with Gasteiger partial charge >= 0.3 is 0 Å². The molecule has 0 bridgehead atoms. The van der Waals surface area contributed by atoms with Crippen molar-refractivity contribution in [2.75, 3.05) is 6.26 Å². The lowest BCUT2D eigenvalue weighted by Crippen LogP contribution is -2.13. The molecule has 0 amide bonds. The molecule has 2 heterocycles. The van der Waals surface area contributed by atoms with E-state index in [4.69, 9.17) is 4.42 Å². The third kappa shape index (κ3) is 3.07. The first-order valence-corrected chi connectivity index (χ1v) is 6.27. The predicted molar refractivity (Wildman–Crippen MR) is 60.6 cm³/mol. The van der Waals surface area contributed by atoms with Crippen LogP contribution in [-0.4, -0.2) is 26.9 Å². The second-order valence-corrected chi connectivity index (χ2v) is 4.10. The Bertz CT molecular complexity index is 413. The maximum absolute atomic E-state index is 5.60. The fraction of sp³-hybridized carbons (Fsp3) is 0.444. The summed E-state index contributed by atoms with van der Waals surface area (Å²) >= 11 is 1.74. The molecule has 0 atom stereocenters. The van der Waals surface area contributed by atoms with E-state index in [0.717, 1.165) is 17.3 Å². The van der Waals surface area contributed by atoms with Gasteiger partial charge in [-0.2, -0.15) is 17.0 Å². The smallest absolute Gasteiger partial charge is 0.188 e. The first-order chi connectivity index (χ1) is 7.88. The molecule has 0 aliphatic heterocycles. The number of tetrazole rings is 1. The van der Waals surface area contributed by atoms with Gasteiger partial charge in [-0.1, -0.05) is 5.21 Å². The fourth-order valence-electron chi connectivity index (χ4n) is 1.29. The van der Waals surface area contributed by atoms with Gasteiger partial charge in [0, 0.05) is 0 Å². The quantitative estimate of drug-likeness (QED) is 0.781. The van der Waals surface area contributed by atoms with E-state index in [0.29, 0.717) is 18.9 Å². The molecule has 0 radical (unpaired) electrons. The summed E-state index contributed by atoms with van der Waals surface area (Å²) in [5.41, 5.74) is 0. The van der Waals surface area contributed by atoms with Crippen LogP contribution in [0.3, 0.4) is 0 Å². The van der Waals surface area contributed by atoms with Gasteiger partial charge in [0.15, 0.2) is 5.82 Å². The minimum atomic E-state index is 0.578. The van der Waals surface area contributed by atoms with Crippen molar-refractivity contribution >= 4 is 11.8 Å². The summed E-state index contributed by atoms with van der Waals surface area (Å²) in [6, 6.07) is 3.98. The molecule has 0 fully saturated rings. The Morgan fingerprint density at radius 3 is 3.00 bits per heavy atom. The van der Waals surface area contributed by atoms with E-state index < -0.39 is 0 Å². The van der Waals surface area contributed by atoms with Crippen molar-refractivity contribution in [2.45, 2.75) is 18.8 Å². The number of furan rings is 1. The van der Waals surface area contributed by atoms with E-state index in [2.05, 4.69) is 32.2 Å². The van der Waals surface area contributed by atoms with Gasteiger partial charge in [0.25, 0.3) is 0 Å². The van der Waals surface area contributed by atoms with E-state index in [1.807, 2.05) is 12.1 Å². The molecule has 16 heavy (non-hydrogen) atoms. The minimum absolute atomic E-state index is 0.578. The molecule has 0 unspecified atom stereocenters. The molecule has 0 aliphatic carbocycles. The van der Waals surface area contributed by atoms with Gasteiger partial charge in [0.05, 0.1) is 18.8 Å². The van der Waals surface area contributed by atoms with Crippen LogP contribution in [0.4, 0.5) is 0 Å². The Hall–Kier alpha value is -1.34. The number of hydrogen-bond donors (Lipinski definition) is 2. The van der Waals surface area contributed by atoms with Gasteiger partial charge in [-0.05, 0) is 18.4 Å². The zero-order valence-corrected chi connectivity index (χ0v) is 9.75. The maximum atomic E-state index is 5.60. The second kappa shape index (κ2) is 5.66. The fourth-order valence-corrected chi connectivity index (χ4v) is 1.73. The van der Waals surface area contributed by atoms with E-state index in [1.54, 1.807) is 11.8 Å². The largest absolute Gasteiger partial charge is 0.464 e. The van der Waals surface area contributed by atoms with Crippen LogP contribution >= 0.6 is 11.8 Å². The van der Waals surface area contributed by atoms with Crippen molar-refractivity contribution in [2.24, 2.45) is 0 Å². The number of aromatic nitrogens is 4. The Kier molecular flexibility index (Phi) is 3.95. The highest BCUT2D eigenvalue weighted by atomic mass is 32.2. The van der Waals surface area contributed by atoms with Crippen molar-refractivity contribution in [1.82, 2.24) is 25.9 Å². The number of H-pyrrole nitrogens is 1. The summed E-state index contributed by atoms with van der Waals surface area (Å²) in [5.74, 6) is 3.48. The molecule has 0 aliphatic rings. The van der Waals surface area contributed by atoms with Gasteiger partial charge in [-0.15, -0.1) is 10.2 Å². The average Bonchev–Trinajstić information content (AvgIpc) is 2.90. The van der Waals surface area contributed by atoms with Crippen molar-refractivity contribution in [1.29, 1.82) is 0 Å². The van der Waals surface area contributed by atoms with Crippen LogP contribution in [0.1, 0.15) is 17.3 Å². The number of nitrogens with zero attached hydrogens (tertiary/aromatic N) is 3. The van der Waals surface area contributed by atoms with Crippen LogP contribution in [0.25, 0.3) is 0 Å². The van der Waals surface area contributed by atoms with Crippen LogP contribution in [0.2, 0.25) is 0 Å². The van der Waals surface area contributed by atoms with Crippen molar-refractivity contribution in [3.8, 4) is 0 Å². The van der Waals surface area contributed by atoms with Crippen LogP contribution in [0.5, 0.6) is 0 Å². The molecule has 2 aromatic rings. The second-order valence-electron chi connectivity index (χ2n) is 3.23. The normalized spacial score (nSPS) is 10.8. The first-order valence-electron chi connectivity index (χ1n) is 4.88. The SMILES string of the molecule is CSCc1ccc(CNCc2nn[nH]n2)o1. The Morgan fingerprint density at radius 1 is 1.38 bits per heavy atom. The molecule has 6 nitrogen and oxygen atoms in total. The highest BCUT2D eigenvalue weighted by molar-refractivity contribution is 7.97. The van der Waals surface area contributed by atoms with E-state index >= 15 is 0 Å². The number of thioether (sulfide) groups is 1. The maximum Gasteiger partial charge on any atom is 0.188 e. The van der Waals surface area contributed by atoms with Crippen LogP contribution in [0.15, 0.2) is 16.5 Å². The van der Waals surface area contributed by atoms with Gasteiger partial charge < -0.3 is 9.73 Å². The lowest BCUT2D eigenvalue weighted by Gasteiger charge is -1.98. The average molecular weight is 239 g/mol. The monoisotopic (exact) mass is 239 g/mol. The van der Waals surface area contributed by atoms with Crippen molar-refractivity contribution in [3.63, 3.8) is 0 Å². The third-order valence-corrected chi connectivity index (χ3v) is 2.55. The van der Waals surface area contributed by atoms with E-state index in [1.165, 1.54) is 0 Å². The third-order valence-electron chi connectivity index (χ3n) is 1.98. The molecular weight excluding hydrogens is 226 g/mol. The van der Waals surface area contributed by atoms with Gasteiger partial charge in [0.1, 0.15) is 11.5 Å². The number of nitrogens with one attached hydrogen (secondary N) is 2. The minimum Gasteiger partial charge on any atom is -0.464 e. The molecule has 2 aromatic heterocycles. The molecule has 2 rings (SSSR count). The van der Waals surface area contributed by atoms with Crippen LogP contribution in [0, 0.1) is 0 Å². The van der Waals surface area contributed by atoms with Crippen LogP contribution in [-0.2, 0) is 18.8 Å². The molecule has 7 heteroatoms. The number of rotatable bonds is 6. The zero-order valence-electron chi connectivity index (χ0n) is 8.93. The van der Waals surface area contributed by atoms with Gasteiger partial charge in [-0.25, -0.2) is 0 Å². The summed E-state index contributed by atoms with van der Waals surface area (Å²) in [6.45, 7) is 1.25. The van der Waals surface area contributed by atoms with Gasteiger partial charge in [0.2, 0.25) is 0 Å². The summed E-state index contributed by atoms with van der Waals surface area (Å²) in [7, 11) is 0. The molecular formula is C9H13N5OS. The van der Waals surface area contributed by atoms with Gasteiger partial charge in [-0.3, -0.25) is 0 Å². The molecule has 2 N–H and O–H groups in total. The summed E-state index contributed by atoms with van der Waals surface area (Å²) in [5, 5.41) is 16.7. The summed E-state index contributed by atoms with van der Waals surface area (Å²) < 4.78 is 5.60. The van der Waals surface area contributed by atoms with Crippen LogP contribution < -0.4 is 5.32 Å². The number of hydrogen-bond acceptors (Lipinski definition) is 6. The summed E-state index contributed by atoms with van der Waals surface area (Å²) in [4.78, 5) is 0. The molecule has 0 spiro atoms. The number of aromatic amines is 1. The molecule has 0 saturated heterocycles. The molecule has 0 aromatic carbocycles. The zero-order chi connectivity index (χ0) is 11.2. The Labute approximate surface area is 97.2 Å². The molecule has 0 saturated carbocycles. The topological polar surface area (TPSA) is 79.6 Å². The lowest BCUT2D eigenvalue weighted by atomic mass is 10.4. The standard InChI is InChI=1S/C9H13N5OS/c1-16-6-8-3-2-7(15-8)4-10-5-9-11-13-14-12-9/h2-3,10H,4-6H2,1H3,(H,11,12,13,14).